The molecular weight excluding hydrogens is 349 g/mol. The van der Waals surface area contributed by atoms with Crippen molar-refractivity contribution in [1.29, 1.82) is 0 Å². The van der Waals surface area contributed by atoms with Gasteiger partial charge in [-0.2, -0.15) is 23.4 Å². The highest BCUT2D eigenvalue weighted by Gasteiger charge is 2.27. The number of ether oxygens (including phenoxy) is 1. The summed E-state index contributed by atoms with van der Waals surface area (Å²) in [6.07, 6.45) is 0.199. The number of nitrogens with one attached hydrogen (secondary N) is 1. The molecule has 0 spiro atoms. The first-order valence-electron chi connectivity index (χ1n) is 6.82. The fourth-order valence-electron chi connectivity index (χ4n) is 1.75. The van der Waals surface area contributed by atoms with Gasteiger partial charge in [0.1, 0.15) is 31.8 Å². The van der Waals surface area contributed by atoms with Crippen molar-refractivity contribution < 1.29 is 27.6 Å². The first kappa shape index (κ1) is 18.4. The quantitative estimate of drug-likeness (QED) is 0.592. The lowest BCUT2D eigenvalue weighted by Gasteiger charge is -2.11. The van der Waals surface area contributed by atoms with Crippen LogP contribution >= 0.6 is 0 Å². The van der Waals surface area contributed by atoms with Crippen molar-refractivity contribution in [3.63, 3.8) is 0 Å². The molecule has 0 aliphatic rings. The lowest BCUT2D eigenvalue weighted by molar-refractivity contribution is -0.385. The second-order valence-electron chi connectivity index (χ2n) is 4.96. The molecule has 0 aliphatic heterocycles. The molecule has 0 aliphatic carbocycles. The molecule has 13 heteroatoms. The first-order chi connectivity index (χ1) is 11.7. The minimum atomic E-state index is -4.44. The largest absolute Gasteiger partial charge is 0.411 e. The summed E-state index contributed by atoms with van der Waals surface area (Å²) in [7, 11) is 0. The van der Waals surface area contributed by atoms with E-state index in [2.05, 4.69) is 20.3 Å². The summed E-state index contributed by atoms with van der Waals surface area (Å²) in [5, 5.41) is 20.6. The number of hydrogen-bond donors (Lipinski definition) is 1. The number of alkyl halides is 3. The normalized spacial score (nSPS) is 12.8. The van der Waals surface area contributed by atoms with Gasteiger partial charge in [0.2, 0.25) is 5.91 Å². The molecule has 2 aromatic rings. The predicted molar refractivity (Wildman–Crippen MR) is 76.5 cm³/mol. The summed E-state index contributed by atoms with van der Waals surface area (Å²) in [6, 6.07) is -0.849. The Hall–Kier alpha value is -2.96. The van der Waals surface area contributed by atoms with Crippen LogP contribution in [0.2, 0.25) is 0 Å². The fourth-order valence-corrected chi connectivity index (χ4v) is 1.75. The van der Waals surface area contributed by atoms with Crippen molar-refractivity contribution >= 4 is 17.3 Å². The van der Waals surface area contributed by atoms with Crippen LogP contribution in [0.25, 0.3) is 0 Å². The van der Waals surface area contributed by atoms with Gasteiger partial charge in [0.05, 0.1) is 23.0 Å². The number of carbonyl (C=O) groups excluding carboxylic acids is 1. The zero-order valence-corrected chi connectivity index (χ0v) is 12.8. The van der Waals surface area contributed by atoms with Gasteiger partial charge in [0.25, 0.3) is 0 Å². The van der Waals surface area contributed by atoms with Crippen LogP contribution in [0.4, 0.5) is 24.5 Å². The number of anilines is 1. The molecule has 0 saturated heterocycles. The number of hydrogen-bond acceptors (Lipinski definition) is 6. The van der Waals surface area contributed by atoms with Gasteiger partial charge in [-0.05, 0) is 6.92 Å². The standard InChI is InChI=1S/C12H13F3N6O4/c1-8(20-5-10(3-17-20)21(23)24)11(22)18-9-2-16-19(4-9)7-25-6-12(13,14)15/h2-5,8H,6-7H2,1H3,(H,18,22). The molecule has 0 bridgehead atoms. The van der Waals surface area contributed by atoms with Crippen molar-refractivity contribution in [3.05, 3.63) is 34.9 Å². The highest BCUT2D eigenvalue weighted by atomic mass is 19.4. The van der Waals surface area contributed by atoms with Crippen molar-refractivity contribution in [2.45, 2.75) is 25.9 Å². The summed E-state index contributed by atoms with van der Waals surface area (Å²) >= 11 is 0. The van der Waals surface area contributed by atoms with Crippen molar-refractivity contribution in [1.82, 2.24) is 19.6 Å². The van der Waals surface area contributed by atoms with Crippen LogP contribution in [0.15, 0.2) is 24.8 Å². The van der Waals surface area contributed by atoms with Crippen molar-refractivity contribution in [2.24, 2.45) is 0 Å². The molecule has 1 N–H and O–H groups in total. The highest BCUT2D eigenvalue weighted by molar-refractivity contribution is 5.93. The van der Waals surface area contributed by atoms with Gasteiger partial charge in [-0.25, -0.2) is 4.68 Å². The van der Waals surface area contributed by atoms with Crippen molar-refractivity contribution in [2.75, 3.05) is 11.9 Å². The number of nitrogens with zero attached hydrogens (tertiary/aromatic N) is 5. The van der Waals surface area contributed by atoms with E-state index in [0.29, 0.717) is 0 Å². The lowest BCUT2D eigenvalue weighted by Crippen LogP contribution is -2.23. The fraction of sp³-hybridized carbons (Fsp3) is 0.417. The van der Waals surface area contributed by atoms with E-state index < -0.39 is 36.4 Å². The maximum Gasteiger partial charge on any atom is 0.411 e. The van der Waals surface area contributed by atoms with E-state index >= 15 is 0 Å². The van der Waals surface area contributed by atoms with Crippen LogP contribution in [-0.2, 0) is 16.3 Å². The van der Waals surface area contributed by atoms with E-state index in [0.717, 1.165) is 21.8 Å². The van der Waals surface area contributed by atoms with Crippen LogP contribution < -0.4 is 5.32 Å². The van der Waals surface area contributed by atoms with Gasteiger partial charge in [0, 0.05) is 0 Å². The Morgan fingerprint density at radius 3 is 2.72 bits per heavy atom. The molecule has 2 rings (SSSR count). The third-order valence-corrected chi connectivity index (χ3v) is 2.97. The first-order valence-corrected chi connectivity index (χ1v) is 6.82. The number of aromatic nitrogens is 4. The average Bonchev–Trinajstić information content (AvgIpc) is 3.14. The second kappa shape index (κ2) is 7.29. The Morgan fingerprint density at radius 1 is 1.40 bits per heavy atom. The molecule has 25 heavy (non-hydrogen) atoms. The Labute approximate surface area is 138 Å². The number of carbonyl (C=O) groups is 1. The summed E-state index contributed by atoms with van der Waals surface area (Å²) in [5.74, 6) is -0.534. The van der Waals surface area contributed by atoms with E-state index in [-0.39, 0.29) is 11.4 Å². The van der Waals surface area contributed by atoms with Crippen LogP contribution in [0.5, 0.6) is 0 Å². The Bertz CT molecular complexity index is 756. The predicted octanol–water partition coefficient (Wildman–Crippen LogP) is 1.72. The van der Waals surface area contributed by atoms with Gasteiger partial charge in [-0.15, -0.1) is 0 Å². The minimum absolute atomic E-state index is 0.231. The molecule has 1 atom stereocenters. The van der Waals surface area contributed by atoms with E-state index in [1.165, 1.54) is 19.3 Å². The van der Waals surface area contributed by atoms with Crippen LogP contribution in [-0.4, -0.2) is 43.2 Å². The number of nitro groups is 1. The monoisotopic (exact) mass is 362 g/mol. The zero-order valence-electron chi connectivity index (χ0n) is 12.8. The summed E-state index contributed by atoms with van der Waals surface area (Å²) in [4.78, 5) is 22.1. The molecule has 0 saturated carbocycles. The van der Waals surface area contributed by atoms with Gasteiger partial charge >= 0.3 is 11.9 Å². The van der Waals surface area contributed by atoms with E-state index in [9.17, 15) is 28.1 Å². The van der Waals surface area contributed by atoms with Gasteiger partial charge in [0.15, 0.2) is 0 Å². The van der Waals surface area contributed by atoms with E-state index in [1.54, 1.807) is 0 Å². The van der Waals surface area contributed by atoms with Crippen LogP contribution in [0, 0.1) is 10.1 Å². The molecule has 1 amide bonds. The Balaban J connectivity index is 1.90. The highest BCUT2D eigenvalue weighted by Crippen LogP contribution is 2.16. The maximum atomic E-state index is 12.1. The molecule has 0 radical (unpaired) electrons. The molecular formula is C12H13F3N6O4. The van der Waals surface area contributed by atoms with E-state index in [4.69, 9.17) is 0 Å². The van der Waals surface area contributed by atoms with Gasteiger partial charge in [-0.1, -0.05) is 0 Å². The summed E-state index contributed by atoms with van der Waals surface area (Å²) in [5.41, 5.74) is -0.0246. The molecule has 1 unspecified atom stereocenters. The molecule has 10 nitrogen and oxygen atoms in total. The van der Waals surface area contributed by atoms with Gasteiger partial charge in [-0.3, -0.25) is 19.6 Å². The summed E-state index contributed by atoms with van der Waals surface area (Å²) < 4.78 is 42.5. The lowest BCUT2D eigenvalue weighted by atomic mass is 10.3. The third-order valence-electron chi connectivity index (χ3n) is 2.97. The molecule has 0 fully saturated rings. The van der Waals surface area contributed by atoms with Crippen molar-refractivity contribution in [3.8, 4) is 0 Å². The topological polar surface area (TPSA) is 117 Å². The van der Waals surface area contributed by atoms with Crippen LogP contribution in [0.3, 0.4) is 0 Å². The maximum absolute atomic E-state index is 12.1. The second-order valence-corrected chi connectivity index (χ2v) is 4.96. The Kier molecular flexibility index (Phi) is 5.36. The molecule has 136 valence electrons. The summed E-state index contributed by atoms with van der Waals surface area (Å²) in [6.45, 7) is -0.372. The number of amides is 1. The van der Waals surface area contributed by atoms with Gasteiger partial charge < -0.3 is 10.1 Å². The smallest absolute Gasteiger partial charge is 0.350 e. The molecule has 0 aromatic carbocycles. The molecule has 2 aromatic heterocycles. The average molecular weight is 362 g/mol. The third kappa shape index (κ3) is 5.27. The Morgan fingerprint density at radius 2 is 2.12 bits per heavy atom. The minimum Gasteiger partial charge on any atom is -0.350 e. The zero-order chi connectivity index (χ0) is 18.6. The SMILES string of the molecule is CC(C(=O)Nc1cnn(COCC(F)(F)F)c1)n1cc([N+](=O)[O-])cn1. The number of rotatable bonds is 7. The van der Waals surface area contributed by atoms with E-state index in [1.807, 2.05) is 0 Å². The number of halogens is 3. The molecule has 2 heterocycles. The van der Waals surface area contributed by atoms with Crippen LogP contribution in [0.1, 0.15) is 13.0 Å².